The smallest absolute Gasteiger partial charge is 0.255 e. The molecular weight excluding hydrogens is 402 g/mol. The molecule has 30 heavy (non-hydrogen) atoms. The Hall–Kier alpha value is -2.87. The molecular formula is C22H27N3O4S. The molecule has 0 radical (unpaired) electrons. The Labute approximate surface area is 177 Å². The average Bonchev–Trinajstić information content (AvgIpc) is 2.73. The largest absolute Gasteiger partial charge is 0.350 e. The number of sulfonamides is 1. The van der Waals surface area contributed by atoms with Gasteiger partial charge in [-0.15, -0.1) is 0 Å². The summed E-state index contributed by atoms with van der Waals surface area (Å²) >= 11 is 0. The lowest BCUT2D eigenvalue weighted by molar-refractivity contribution is 0.0940. The van der Waals surface area contributed by atoms with Crippen LogP contribution in [0.5, 0.6) is 0 Å². The number of hydrogen-bond donors (Lipinski definition) is 2. The third-order valence-electron chi connectivity index (χ3n) is 5.18. The molecule has 1 aliphatic heterocycles. The van der Waals surface area contributed by atoms with E-state index in [1.807, 2.05) is 13.8 Å². The van der Waals surface area contributed by atoms with Crippen LogP contribution in [0.3, 0.4) is 0 Å². The van der Waals surface area contributed by atoms with E-state index >= 15 is 0 Å². The topological polar surface area (TPSA) is 95.6 Å². The zero-order valence-corrected chi connectivity index (χ0v) is 18.0. The second kappa shape index (κ2) is 9.30. The third-order valence-corrected chi connectivity index (χ3v) is 7.05. The van der Waals surface area contributed by atoms with Crippen molar-refractivity contribution in [1.29, 1.82) is 0 Å². The quantitative estimate of drug-likeness (QED) is 0.736. The Morgan fingerprint density at radius 3 is 2.40 bits per heavy atom. The number of hydrogen-bond acceptors (Lipinski definition) is 4. The molecule has 1 atom stereocenters. The molecule has 2 N–H and O–H groups in total. The molecule has 8 heteroatoms. The van der Waals surface area contributed by atoms with Crippen molar-refractivity contribution in [2.45, 2.75) is 39.2 Å². The Morgan fingerprint density at radius 2 is 1.73 bits per heavy atom. The molecule has 1 saturated heterocycles. The van der Waals surface area contributed by atoms with E-state index in [0.29, 0.717) is 35.5 Å². The van der Waals surface area contributed by atoms with Gasteiger partial charge in [0.2, 0.25) is 10.0 Å². The summed E-state index contributed by atoms with van der Waals surface area (Å²) < 4.78 is 25.9. The number of nitrogens with zero attached hydrogens (tertiary/aromatic N) is 1. The van der Waals surface area contributed by atoms with Crippen LogP contribution < -0.4 is 14.9 Å². The third kappa shape index (κ3) is 4.99. The standard InChI is InChI=1S/C22H27N3O4S/c1-3-16(2)23-22(27)19-8-4-5-9-20(19)24-21(26)17-10-12-18(13-11-17)25-14-6-7-15-30(25,28)29/h4-5,8-13,16H,3,6-7,14-15H2,1-2H3,(H,23,27)(H,24,26)/t16-/m0/s1. The number of para-hydroxylation sites is 1. The van der Waals surface area contributed by atoms with Crippen molar-refractivity contribution in [2.75, 3.05) is 21.9 Å². The maximum atomic E-state index is 12.7. The zero-order chi connectivity index (χ0) is 21.7. The molecule has 2 aromatic rings. The fourth-order valence-electron chi connectivity index (χ4n) is 3.25. The Balaban J connectivity index is 1.75. The molecule has 1 fully saturated rings. The second-order valence-corrected chi connectivity index (χ2v) is 9.44. The Bertz CT molecular complexity index is 1020. The number of amides is 2. The predicted octanol–water partition coefficient (Wildman–Crippen LogP) is 3.40. The van der Waals surface area contributed by atoms with Gasteiger partial charge in [0.1, 0.15) is 0 Å². The number of benzene rings is 2. The van der Waals surface area contributed by atoms with Crippen LogP contribution in [-0.4, -0.2) is 38.6 Å². The van der Waals surface area contributed by atoms with E-state index in [9.17, 15) is 18.0 Å². The van der Waals surface area contributed by atoms with Crippen molar-refractivity contribution in [1.82, 2.24) is 5.32 Å². The van der Waals surface area contributed by atoms with Gasteiger partial charge in [-0.3, -0.25) is 13.9 Å². The SMILES string of the molecule is CC[C@H](C)NC(=O)c1ccccc1NC(=O)c1ccc(N2CCCCS2(=O)=O)cc1. The van der Waals surface area contributed by atoms with Crippen molar-refractivity contribution >= 4 is 33.2 Å². The van der Waals surface area contributed by atoms with E-state index in [0.717, 1.165) is 12.8 Å². The summed E-state index contributed by atoms with van der Waals surface area (Å²) in [6.07, 6.45) is 2.29. The molecule has 2 amide bonds. The lowest BCUT2D eigenvalue weighted by atomic mass is 10.1. The molecule has 0 bridgehead atoms. The maximum Gasteiger partial charge on any atom is 0.255 e. The Kier molecular flexibility index (Phi) is 6.77. The summed E-state index contributed by atoms with van der Waals surface area (Å²) in [5, 5.41) is 5.68. The summed E-state index contributed by atoms with van der Waals surface area (Å²) in [5.41, 5.74) is 1.75. The maximum absolute atomic E-state index is 12.7. The van der Waals surface area contributed by atoms with Gasteiger partial charge in [-0.25, -0.2) is 8.42 Å². The van der Waals surface area contributed by atoms with Gasteiger partial charge >= 0.3 is 0 Å². The molecule has 1 heterocycles. The average molecular weight is 430 g/mol. The lowest BCUT2D eigenvalue weighted by Gasteiger charge is -2.28. The minimum absolute atomic E-state index is 0.0277. The highest BCUT2D eigenvalue weighted by molar-refractivity contribution is 7.92. The Morgan fingerprint density at radius 1 is 1.03 bits per heavy atom. The van der Waals surface area contributed by atoms with E-state index in [1.54, 1.807) is 48.5 Å². The first kappa shape index (κ1) is 21.8. The van der Waals surface area contributed by atoms with Crippen molar-refractivity contribution in [3.63, 3.8) is 0 Å². The van der Waals surface area contributed by atoms with Crippen molar-refractivity contribution in [2.24, 2.45) is 0 Å². The van der Waals surface area contributed by atoms with E-state index in [-0.39, 0.29) is 23.6 Å². The van der Waals surface area contributed by atoms with Crippen LogP contribution in [-0.2, 0) is 10.0 Å². The summed E-state index contributed by atoms with van der Waals surface area (Å²) in [5.74, 6) is -0.470. The molecule has 3 rings (SSSR count). The highest BCUT2D eigenvalue weighted by atomic mass is 32.2. The summed E-state index contributed by atoms with van der Waals surface area (Å²) in [4.78, 5) is 25.2. The minimum Gasteiger partial charge on any atom is -0.350 e. The molecule has 0 aromatic heterocycles. The second-order valence-electron chi connectivity index (χ2n) is 7.42. The van der Waals surface area contributed by atoms with Gasteiger partial charge in [-0.2, -0.15) is 0 Å². The zero-order valence-electron chi connectivity index (χ0n) is 17.2. The van der Waals surface area contributed by atoms with Gasteiger partial charge in [-0.05, 0) is 62.6 Å². The van der Waals surface area contributed by atoms with Gasteiger partial charge in [0.25, 0.3) is 11.8 Å². The van der Waals surface area contributed by atoms with Crippen molar-refractivity contribution in [3.05, 3.63) is 59.7 Å². The minimum atomic E-state index is -3.30. The fraction of sp³-hybridized carbons (Fsp3) is 0.364. The molecule has 0 aliphatic carbocycles. The van der Waals surface area contributed by atoms with Crippen LogP contribution in [0, 0.1) is 0 Å². The first-order valence-corrected chi connectivity index (χ1v) is 11.7. The summed E-state index contributed by atoms with van der Waals surface area (Å²) in [7, 11) is -3.30. The van der Waals surface area contributed by atoms with E-state index in [1.165, 1.54) is 4.31 Å². The molecule has 160 valence electrons. The van der Waals surface area contributed by atoms with Crippen LogP contribution in [0.25, 0.3) is 0 Å². The van der Waals surface area contributed by atoms with Gasteiger partial charge in [0, 0.05) is 18.2 Å². The van der Waals surface area contributed by atoms with Gasteiger partial charge in [-0.1, -0.05) is 19.1 Å². The van der Waals surface area contributed by atoms with Crippen LogP contribution in [0.15, 0.2) is 48.5 Å². The predicted molar refractivity (Wildman–Crippen MR) is 118 cm³/mol. The van der Waals surface area contributed by atoms with E-state index in [4.69, 9.17) is 0 Å². The molecule has 0 unspecified atom stereocenters. The number of carbonyl (C=O) groups excluding carboxylic acids is 2. The van der Waals surface area contributed by atoms with Gasteiger partial charge in [0.05, 0.1) is 22.7 Å². The summed E-state index contributed by atoms with van der Waals surface area (Å²) in [6.45, 7) is 4.35. The monoisotopic (exact) mass is 429 g/mol. The van der Waals surface area contributed by atoms with Gasteiger partial charge in [0.15, 0.2) is 0 Å². The van der Waals surface area contributed by atoms with Crippen LogP contribution in [0.2, 0.25) is 0 Å². The van der Waals surface area contributed by atoms with Crippen LogP contribution in [0.1, 0.15) is 53.8 Å². The summed E-state index contributed by atoms with van der Waals surface area (Å²) in [6, 6.07) is 13.3. The first-order chi connectivity index (χ1) is 14.3. The van der Waals surface area contributed by atoms with Crippen LogP contribution in [0.4, 0.5) is 11.4 Å². The van der Waals surface area contributed by atoms with Crippen molar-refractivity contribution in [3.8, 4) is 0 Å². The normalized spacial score (nSPS) is 16.5. The number of anilines is 2. The van der Waals surface area contributed by atoms with Gasteiger partial charge < -0.3 is 10.6 Å². The molecule has 2 aromatic carbocycles. The molecule has 0 spiro atoms. The fourth-order valence-corrected chi connectivity index (χ4v) is 4.89. The highest BCUT2D eigenvalue weighted by Gasteiger charge is 2.26. The number of carbonyl (C=O) groups is 2. The first-order valence-electron chi connectivity index (χ1n) is 10.1. The molecule has 7 nitrogen and oxygen atoms in total. The number of rotatable bonds is 6. The molecule has 0 saturated carbocycles. The van der Waals surface area contributed by atoms with Crippen molar-refractivity contribution < 1.29 is 18.0 Å². The number of nitrogens with one attached hydrogen (secondary N) is 2. The lowest BCUT2D eigenvalue weighted by Crippen LogP contribution is -2.37. The highest BCUT2D eigenvalue weighted by Crippen LogP contribution is 2.24. The van der Waals surface area contributed by atoms with E-state index in [2.05, 4.69) is 10.6 Å². The van der Waals surface area contributed by atoms with Crippen LogP contribution >= 0.6 is 0 Å². The van der Waals surface area contributed by atoms with E-state index < -0.39 is 10.0 Å². The molecule has 1 aliphatic rings.